The molecule has 16 heteroatoms. The van der Waals surface area contributed by atoms with Crippen LogP contribution in [0, 0.1) is 5.82 Å². The summed E-state index contributed by atoms with van der Waals surface area (Å²) < 4.78 is 79.5. The van der Waals surface area contributed by atoms with E-state index in [1.54, 1.807) is 0 Å². The van der Waals surface area contributed by atoms with Gasteiger partial charge in [-0.2, -0.15) is 17.5 Å². The van der Waals surface area contributed by atoms with Gasteiger partial charge in [-0.3, -0.25) is 0 Å². The van der Waals surface area contributed by atoms with Crippen LogP contribution in [-0.2, 0) is 23.2 Å². The van der Waals surface area contributed by atoms with Gasteiger partial charge in [-0.05, 0) is 18.6 Å². The lowest BCUT2D eigenvalue weighted by atomic mass is 10.0. The zero-order valence-electron chi connectivity index (χ0n) is 18.7. The van der Waals surface area contributed by atoms with Crippen molar-refractivity contribution in [1.82, 2.24) is 23.8 Å². The largest absolute Gasteiger partial charge is 0.406 e. The third kappa shape index (κ3) is 5.54. The van der Waals surface area contributed by atoms with Crippen LogP contribution < -0.4 is 5.32 Å². The molecule has 0 aliphatic carbocycles. The minimum absolute atomic E-state index is 0.00309. The molecule has 3 heterocycles. The number of benzene rings is 1. The summed E-state index contributed by atoms with van der Waals surface area (Å²) in [4.78, 5) is 12.1. The Morgan fingerprint density at radius 3 is 2.61 bits per heavy atom. The van der Waals surface area contributed by atoms with E-state index < -0.39 is 47.3 Å². The second-order valence-electron chi connectivity index (χ2n) is 8.33. The molecule has 0 saturated carbocycles. The van der Waals surface area contributed by atoms with Crippen LogP contribution in [-0.4, -0.2) is 80.1 Å². The van der Waals surface area contributed by atoms with Crippen molar-refractivity contribution in [1.29, 1.82) is 0 Å². The van der Waals surface area contributed by atoms with Gasteiger partial charge in [0.05, 0.1) is 40.8 Å². The highest BCUT2D eigenvalue weighted by atomic mass is 35.5. The third-order valence-corrected chi connectivity index (χ3v) is 7.26. The number of aliphatic hydroxyl groups is 2. The molecular formula is C20H21ClF4N6O4S. The number of hydrogen-bond donors (Lipinski definition) is 3. The van der Waals surface area contributed by atoms with E-state index in [1.165, 1.54) is 12.3 Å². The first-order chi connectivity index (χ1) is 16.8. The van der Waals surface area contributed by atoms with Crippen LogP contribution in [0.25, 0.3) is 22.3 Å². The Kier molecular flexibility index (Phi) is 7.13. The smallest absolute Gasteiger partial charge is 0.390 e. The Morgan fingerprint density at radius 2 is 2.00 bits per heavy atom. The number of β-amino-alcohol motifs (C(OH)–C–C–N with tert-alkyl or cyclic N) is 1. The van der Waals surface area contributed by atoms with Crippen LogP contribution in [0.4, 0.5) is 23.5 Å². The molecular weight excluding hydrogens is 532 g/mol. The molecule has 0 bridgehead atoms. The predicted molar refractivity (Wildman–Crippen MR) is 122 cm³/mol. The average molecular weight is 553 g/mol. The van der Waals surface area contributed by atoms with E-state index in [9.17, 15) is 36.2 Å². The summed E-state index contributed by atoms with van der Waals surface area (Å²) in [5, 5.41) is 22.7. The Morgan fingerprint density at radius 1 is 1.28 bits per heavy atom. The van der Waals surface area contributed by atoms with Crippen molar-refractivity contribution >= 4 is 38.6 Å². The first kappa shape index (κ1) is 26.5. The molecule has 2 aromatic heterocycles. The summed E-state index contributed by atoms with van der Waals surface area (Å²) in [6.45, 7) is -2.29. The summed E-state index contributed by atoms with van der Waals surface area (Å²) in [5.41, 5.74) is -0.519. The molecule has 1 aromatic carbocycles. The summed E-state index contributed by atoms with van der Waals surface area (Å²) in [5.74, 6) is -1.30. The third-order valence-electron chi connectivity index (χ3n) is 5.71. The zero-order chi connectivity index (χ0) is 26.4. The van der Waals surface area contributed by atoms with Gasteiger partial charge in [-0.15, -0.1) is 0 Å². The van der Waals surface area contributed by atoms with E-state index in [0.29, 0.717) is 4.57 Å². The fourth-order valence-electron chi connectivity index (χ4n) is 4.02. The standard InChI is InChI=1S/C20H21ClF4N6O4S/c1-36(34,35)30-3-2-13(15(33)7-30)27-19-26-6-11(21)17(29-19)10-4-12(22)18-14(5-10)31(9-20(23,24)25)16(8-32)28-18/h4-6,13,15,32-33H,2-3,7-9H2,1H3,(H,26,27,29)/t13-,15-/m1/s1. The highest BCUT2D eigenvalue weighted by molar-refractivity contribution is 7.88. The van der Waals surface area contributed by atoms with E-state index in [1.807, 2.05) is 0 Å². The Bertz CT molecular complexity index is 1400. The number of fused-ring (bicyclic) bond motifs is 1. The SMILES string of the molecule is CS(=O)(=O)N1CC[C@@H](Nc2ncc(Cl)c(-c3cc(F)c4nc(CO)n(CC(F)(F)F)c4c3)n2)[C@H](O)C1. The number of nitrogens with zero attached hydrogens (tertiary/aromatic N) is 5. The molecule has 1 aliphatic rings. The van der Waals surface area contributed by atoms with E-state index in [-0.39, 0.29) is 58.6 Å². The molecule has 0 radical (unpaired) electrons. The number of aromatic nitrogens is 4. The average Bonchev–Trinajstić information content (AvgIpc) is 3.12. The predicted octanol–water partition coefficient (Wildman–Crippen LogP) is 2.15. The van der Waals surface area contributed by atoms with Gasteiger partial charge in [0, 0.05) is 18.7 Å². The highest BCUT2D eigenvalue weighted by Crippen LogP contribution is 2.33. The van der Waals surface area contributed by atoms with E-state index >= 15 is 0 Å². The molecule has 196 valence electrons. The number of anilines is 1. The topological polar surface area (TPSA) is 133 Å². The molecule has 3 aromatic rings. The zero-order valence-corrected chi connectivity index (χ0v) is 20.2. The number of rotatable bonds is 6. The first-order valence-electron chi connectivity index (χ1n) is 10.6. The van der Waals surface area contributed by atoms with Crippen molar-refractivity contribution in [3.05, 3.63) is 35.0 Å². The summed E-state index contributed by atoms with van der Waals surface area (Å²) in [6, 6.07) is 1.64. The molecule has 1 saturated heterocycles. The molecule has 4 rings (SSSR count). The second-order valence-corrected chi connectivity index (χ2v) is 10.7. The van der Waals surface area contributed by atoms with Gasteiger partial charge in [0.25, 0.3) is 0 Å². The van der Waals surface area contributed by atoms with Gasteiger partial charge < -0.3 is 20.1 Å². The van der Waals surface area contributed by atoms with E-state index in [2.05, 4.69) is 20.3 Å². The number of imidazole rings is 1. The van der Waals surface area contributed by atoms with Crippen LogP contribution in [0.2, 0.25) is 5.02 Å². The molecule has 2 atom stereocenters. The van der Waals surface area contributed by atoms with Gasteiger partial charge in [-0.1, -0.05) is 11.6 Å². The lowest BCUT2D eigenvalue weighted by Gasteiger charge is -2.34. The van der Waals surface area contributed by atoms with Gasteiger partial charge in [0.15, 0.2) is 5.82 Å². The lowest BCUT2D eigenvalue weighted by Crippen LogP contribution is -2.51. The van der Waals surface area contributed by atoms with Crippen molar-refractivity contribution < 1.29 is 36.2 Å². The van der Waals surface area contributed by atoms with Crippen molar-refractivity contribution in [3.8, 4) is 11.3 Å². The molecule has 0 unspecified atom stereocenters. The van der Waals surface area contributed by atoms with Crippen molar-refractivity contribution in [3.63, 3.8) is 0 Å². The maximum atomic E-state index is 14.9. The van der Waals surface area contributed by atoms with Crippen LogP contribution in [0.5, 0.6) is 0 Å². The number of piperidine rings is 1. The monoisotopic (exact) mass is 552 g/mol. The molecule has 1 aliphatic heterocycles. The van der Waals surface area contributed by atoms with Crippen molar-refractivity contribution in [2.75, 3.05) is 24.7 Å². The fraction of sp³-hybridized carbons (Fsp3) is 0.450. The first-order valence-corrected chi connectivity index (χ1v) is 12.8. The highest BCUT2D eigenvalue weighted by Gasteiger charge is 2.33. The van der Waals surface area contributed by atoms with Gasteiger partial charge in [-0.25, -0.2) is 27.8 Å². The summed E-state index contributed by atoms with van der Waals surface area (Å²) in [6.07, 6.45) is -3.22. The second kappa shape index (κ2) is 9.70. The molecule has 3 N–H and O–H groups in total. The van der Waals surface area contributed by atoms with Crippen LogP contribution in [0.1, 0.15) is 12.2 Å². The molecule has 1 fully saturated rings. The molecule has 0 amide bonds. The maximum absolute atomic E-state index is 14.9. The Hall–Kier alpha value is -2.59. The number of hydrogen-bond acceptors (Lipinski definition) is 8. The number of aliphatic hydroxyl groups excluding tert-OH is 2. The summed E-state index contributed by atoms with van der Waals surface area (Å²) >= 11 is 6.21. The minimum Gasteiger partial charge on any atom is -0.390 e. The molecule has 0 spiro atoms. The fourth-order valence-corrected chi connectivity index (χ4v) is 5.08. The number of nitrogens with one attached hydrogen (secondary N) is 1. The van der Waals surface area contributed by atoms with Crippen molar-refractivity contribution in [2.24, 2.45) is 0 Å². The van der Waals surface area contributed by atoms with Gasteiger partial charge in [0.1, 0.15) is 24.5 Å². The van der Waals surface area contributed by atoms with E-state index in [0.717, 1.165) is 16.6 Å². The number of alkyl halides is 3. The van der Waals surface area contributed by atoms with Crippen LogP contribution >= 0.6 is 11.6 Å². The number of sulfonamides is 1. The van der Waals surface area contributed by atoms with E-state index in [4.69, 9.17) is 11.6 Å². The number of halogens is 5. The van der Waals surface area contributed by atoms with Crippen LogP contribution in [0.15, 0.2) is 18.3 Å². The minimum atomic E-state index is -4.65. The van der Waals surface area contributed by atoms with Gasteiger partial charge >= 0.3 is 6.18 Å². The lowest BCUT2D eigenvalue weighted by molar-refractivity contribution is -0.140. The summed E-state index contributed by atoms with van der Waals surface area (Å²) in [7, 11) is -3.47. The molecule has 10 nitrogen and oxygen atoms in total. The maximum Gasteiger partial charge on any atom is 0.406 e. The quantitative estimate of drug-likeness (QED) is 0.396. The van der Waals surface area contributed by atoms with Crippen molar-refractivity contribution in [2.45, 2.75) is 37.9 Å². The molecule has 36 heavy (non-hydrogen) atoms. The van der Waals surface area contributed by atoms with Gasteiger partial charge in [0.2, 0.25) is 16.0 Å². The normalized spacial score (nSPS) is 19.7. The Balaban J connectivity index is 1.68. The Labute approximate surface area is 207 Å². The van der Waals surface area contributed by atoms with Crippen LogP contribution in [0.3, 0.4) is 0 Å².